The van der Waals surface area contributed by atoms with Crippen molar-refractivity contribution in [3.63, 3.8) is 0 Å². The minimum absolute atomic E-state index is 0.151. The molecule has 0 aliphatic carbocycles. The molecule has 1 unspecified atom stereocenters. The van der Waals surface area contributed by atoms with Gasteiger partial charge in [-0.2, -0.15) is 23.5 Å². The zero-order chi connectivity index (χ0) is 17.9. The third-order valence-corrected chi connectivity index (χ3v) is 3.15. The molecule has 0 aliphatic rings. The van der Waals surface area contributed by atoms with Gasteiger partial charge in [0.1, 0.15) is 0 Å². The second-order valence-electron chi connectivity index (χ2n) is 5.13. The minimum atomic E-state index is -4.74. The van der Waals surface area contributed by atoms with Gasteiger partial charge in [-0.05, 0) is 25.1 Å². The molecular formula is C15H12F4N4O. The van der Waals surface area contributed by atoms with Crippen LogP contribution in [-0.2, 0) is 12.7 Å². The summed E-state index contributed by atoms with van der Waals surface area (Å²) in [7, 11) is 0. The molecule has 1 N–H and O–H groups in total. The normalized spacial score (nSPS) is 12.5. The molecule has 5 nitrogen and oxygen atoms in total. The van der Waals surface area contributed by atoms with Crippen LogP contribution in [0.25, 0.3) is 0 Å². The summed E-state index contributed by atoms with van der Waals surface area (Å²) in [6.07, 6.45) is -2.60. The molecule has 0 aliphatic heterocycles. The van der Waals surface area contributed by atoms with Gasteiger partial charge < -0.3 is 5.32 Å². The SMILES string of the molecule is CC(Cn1cc(F)cn1)NC(=O)c1ccc(C#N)c(C(F)(F)F)c1. The average molecular weight is 340 g/mol. The van der Waals surface area contributed by atoms with Crippen molar-refractivity contribution in [3.05, 3.63) is 53.1 Å². The van der Waals surface area contributed by atoms with E-state index in [1.165, 1.54) is 10.8 Å². The number of benzene rings is 1. The van der Waals surface area contributed by atoms with Crippen molar-refractivity contribution < 1.29 is 22.4 Å². The van der Waals surface area contributed by atoms with Crippen LogP contribution in [0.15, 0.2) is 30.6 Å². The molecule has 0 radical (unpaired) electrons. The number of hydrogen-bond acceptors (Lipinski definition) is 3. The Bertz CT molecular complexity index is 792. The zero-order valence-corrected chi connectivity index (χ0v) is 12.4. The quantitative estimate of drug-likeness (QED) is 0.870. The molecule has 0 fully saturated rings. The number of carbonyl (C=O) groups excluding carboxylic acids is 1. The Balaban J connectivity index is 2.13. The van der Waals surface area contributed by atoms with Crippen LogP contribution in [0.1, 0.15) is 28.4 Å². The lowest BCUT2D eigenvalue weighted by Gasteiger charge is -2.15. The molecule has 0 bridgehead atoms. The van der Waals surface area contributed by atoms with Crippen molar-refractivity contribution in [3.8, 4) is 6.07 Å². The Hall–Kier alpha value is -2.89. The lowest BCUT2D eigenvalue weighted by atomic mass is 10.0. The summed E-state index contributed by atoms with van der Waals surface area (Å²) < 4.78 is 52.8. The first-order valence-electron chi connectivity index (χ1n) is 6.81. The lowest BCUT2D eigenvalue weighted by molar-refractivity contribution is -0.137. The highest BCUT2D eigenvalue weighted by Gasteiger charge is 2.34. The number of nitrogens with zero attached hydrogens (tertiary/aromatic N) is 3. The summed E-state index contributed by atoms with van der Waals surface area (Å²) >= 11 is 0. The van der Waals surface area contributed by atoms with Gasteiger partial charge in [-0.25, -0.2) is 4.39 Å². The number of nitrogens with one attached hydrogen (secondary N) is 1. The van der Waals surface area contributed by atoms with Gasteiger partial charge in [0.05, 0.1) is 36.1 Å². The van der Waals surface area contributed by atoms with E-state index in [4.69, 9.17) is 5.26 Å². The van der Waals surface area contributed by atoms with Gasteiger partial charge in [-0.15, -0.1) is 0 Å². The predicted molar refractivity (Wildman–Crippen MR) is 75.3 cm³/mol. The number of aromatic nitrogens is 2. The third-order valence-electron chi connectivity index (χ3n) is 3.15. The van der Waals surface area contributed by atoms with E-state index >= 15 is 0 Å². The molecular weight excluding hydrogens is 328 g/mol. The molecule has 24 heavy (non-hydrogen) atoms. The van der Waals surface area contributed by atoms with Gasteiger partial charge in [0.2, 0.25) is 0 Å². The third kappa shape index (κ3) is 4.10. The van der Waals surface area contributed by atoms with Crippen molar-refractivity contribution in [1.82, 2.24) is 15.1 Å². The summed E-state index contributed by atoms with van der Waals surface area (Å²) in [4.78, 5) is 12.1. The van der Waals surface area contributed by atoms with Crippen molar-refractivity contribution in [1.29, 1.82) is 5.26 Å². The summed E-state index contributed by atoms with van der Waals surface area (Å²) in [5.74, 6) is -1.26. The monoisotopic (exact) mass is 340 g/mol. The van der Waals surface area contributed by atoms with Crippen LogP contribution >= 0.6 is 0 Å². The fourth-order valence-corrected chi connectivity index (χ4v) is 2.09. The van der Waals surface area contributed by atoms with Crippen LogP contribution in [0.4, 0.5) is 17.6 Å². The molecule has 2 aromatic rings. The van der Waals surface area contributed by atoms with Gasteiger partial charge in [-0.3, -0.25) is 9.48 Å². The van der Waals surface area contributed by atoms with Crippen LogP contribution in [0, 0.1) is 17.1 Å². The first kappa shape index (κ1) is 17.5. The van der Waals surface area contributed by atoms with Crippen LogP contribution in [0.2, 0.25) is 0 Å². The Morgan fingerprint density at radius 2 is 2.17 bits per heavy atom. The van der Waals surface area contributed by atoms with Gasteiger partial charge >= 0.3 is 6.18 Å². The Morgan fingerprint density at radius 3 is 2.71 bits per heavy atom. The highest BCUT2D eigenvalue weighted by Crippen LogP contribution is 2.32. The average Bonchev–Trinajstić information content (AvgIpc) is 2.90. The molecule has 126 valence electrons. The van der Waals surface area contributed by atoms with E-state index in [-0.39, 0.29) is 12.1 Å². The summed E-state index contributed by atoms with van der Waals surface area (Å²) in [5.41, 5.74) is -1.95. The highest BCUT2D eigenvalue weighted by atomic mass is 19.4. The van der Waals surface area contributed by atoms with E-state index in [0.717, 1.165) is 24.5 Å². The maximum Gasteiger partial charge on any atom is 0.417 e. The summed E-state index contributed by atoms with van der Waals surface area (Å²) in [6.45, 7) is 1.75. The number of carbonyl (C=O) groups is 1. The molecule has 0 saturated carbocycles. The topological polar surface area (TPSA) is 70.7 Å². The number of hydrogen-bond donors (Lipinski definition) is 1. The fraction of sp³-hybridized carbons (Fsp3) is 0.267. The second-order valence-corrected chi connectivity index (χ2v) is 5.13. The number of alkyl halides is 3. The van der Waals surface area contributed by atoms with Crippen LogP contribution in [0.3, 0.4) is 0 Å². The predicted octanol–water partition coefficient (Wildman–Crippen LogP) is 2.73. The smallest absolute Gasteiger partial charge is 0.348 e. The van der Waals surface area contributed by atoms with Crippen LogP contribution in [-0.4, -0.2) is 21.7 Å². The zero-order valence-electron chi connectivity index (χ0n) is 12.4. The van der Waals surface area contributed by atoms with E-state index in [0.29, 0.717) is 6.07 Å². The van der Waals surface area contributed by atoms with Crippen molar-refractivity contribution in [2.24, 2.45) is 0 Å². The Kier molecular flexibility index (Phi) is 4.87. The fourth-order valence-electron chi connectivity index (χ4n) is 2.09. The number of halogens is 4. The van der Waals surface area contributed by atoms with Gasteiger partial charge in [0.15, 0.2) is 5.82 Å². The molecule has 9 heteroatoms. The molecule has 1 amide bonds. The summed E-state index contributed by atoms with van der Waals surface area (Å²) in [6, 6.07) is 3.67. The molecule has 0 spiro atoms. The standard InChI is InChI=1S/C15H12F4N4O/c1-9(7-23-8-12(16)6-21-23)22-14(24)10-2-3-11(5-20)13(4-10)15(17,18)19/h2-4,6,8-9H,7H2,1H3,(H,22,24). The number of amides is 1. The summed E-state index contributed by atoms with van der Waals surface area (Å²) in [5, 5.41) is 14.9. The largest absolute Gasteiger partial charge is 0.417 e. The second kappa shape index (κ2) is 6.70. The Labute approximate surface area is 134 Å². The first-order chi connectivity index (χ1) is 11.2. The Morgan fingerprint density at radius 1 is 1.46 bits per heavy atom. The maximum atomic E-state index is 12.9. The first-order valence-corrected chi connectivity index (χ1v) is 6.81. The maximum absolute atomic E-state index is 12.9. The molecule has 2 rings (SSSR count). The molecule has 0 saturated heterocycles. The van der Waals surface area contributed by atoms with E-state index in [9.17, 15) is 22.4 Å². The molecule has 1 atom stereocenters. The van der Waals surface area contributed by atoms with Crippen molar-refractivity contribution >= 4 is 5.91 Å². The highest BCUT2D eigenvalue weighted by molar-refractivity contribution is 5.94. The number of nitriles is 1. The van der Waals surface area contributed by atoms with Crippen LogP contribution in [0.5, 0.6) is 0 Å². The molecule has 1 aromatic carbocycles. The van der Waals surface area contributed by atoms with Gasteiger partial charge in [0, 0.05) is 11.6 Å². The van der Waals surface area contributed by atoms with Crippen molar-refractivity contribution in [2.75, 3.05) is 0 Å². The molecule has 1 heterocycles. The van der Waals surface area contributed by atoms with E-state index in [1.807, 2.05) is 0 Å². The van der Waals surface area contributed by atoms with E-state index in [2.05, 4.69) is 10.4 Å². The molecule has 1 aromatic heterocycles. The van der Waals surface area contributed by atoms with Crippen LogP contribution < -0.4 is 5.32 Å². The van der Waals surface area contributed by atoms with Gasteiger partial charge in [-0.1, -0.05) is 0 Å². The minimum Gasteiger partial charge on any atom is -0.348 e. The van der Waals surface area contributed by atoms with Gasteiger partial charge in [0.25, 0.3) is 5.91 Å². The van der Waals surface area contributed by atoms with E-state index in [1.54, 1.807) is 6.92 Å². The van der Waals surface area contributed by atoms with E-state index < -0.39 is 35.1 Å². The number of rotatable bonds is 4. The van der Waals surface area contributed by atoms with Crippen molar-refractivity contribution in [2.45, 2.75) is 25.7 Å². The lowest BCUT2D eigenvalue weighted by Crippen LogP contribution is -2.36.